The van der Waals surface area contributed by atoms with Crippen molar-refractivity contribution < 1.29 is 52.4 Å². The Balaban J connectivity index is 0.565. The molecule has 2 aromatic carbocycles. The number of anilines is 4. The molecule has 7 heterocycles. The predicted octanol–water partition coefficient (Wildman–Crippen LogP) is 3.20. The Hall–Kier alpha value is -6.03. The van der Waals surface area contributed by atoms with Crippen molar-refractivity contribution in [3.63, 3.8) is 0 Å². The molecule has 0 radical (unpaired) electrons. The second-order valence-corrected chi connectivity index (χ2v) is 21.7. The summed E-state index contributed by atoms with van der Waals surface area (Å²) in [6.07, 6.45) is 5.86. The van der Waals surface area contributed by atoms with E-state index in [0.29, 0.717) is 143 Å². The first-order valence-electron chi connectivity index (χ1n) is 27.4. The summed E-state index contributed by atoms with van der Waals surface area (Å²) in [7, 11) is 0. The van der Waals surface area contributed by atoms with Crippen LogP contribution in [0.2, 0.25) is 5.02 Å². The summed E-state index contributed by atoms with van der Waals surface area (Å²) in [5.41, 5.74) is 8.13. The smallest absolute Gasteiger partial charge is 0.277 e. The van der Waals surface area contributed by atoms with Gasteiger partial charge in [0.05, 0.1) is 114 Å². The maximum absolute atomic E-state index is 13.4. The number of hydrogen-bond acceptors (Lipinski definition) is 20. The normalized spacial score (nSPS) is 19.8. The summed E-state index contributed by atoms with van der Waals surface area (Å²) in [6, 6.07) is 8.25. The number of halogens is 1. The van der Waals surface area contributed by atoms with Gasteiger partial charge in [0.2, 0.25) is 23.6 Å². The highest BCUT2D eigenvalue weighted by Crippen LogP contribution is 2.45. The van der Waals surface area contributed by atoms with Gasteiger partial charge in [-0.2, -0.15) is 5.10 Å². The Morgan fingerprint density at radius 2 is 1.49 bits per heavy atom. The molecule has 26 heteroatoms. The van der Waals surface area contributed by atoms with E-state index in [1.54, 1.807) is 40.4 Å². The summed E-state index contributed by atoms with van der Waals surface area (Å²) in [5, 5.41) is 18.1. The van der Waals surface area contributed by atoms with Gasteiger partial charge in [-0.1, -0.05) is 41.6 Å². The third-order valence-corrected chi connectivity index (χ3v) is 16.8. The highest BCUT2D eigenvalue weighted by atomic mass is 35.5. The van der Waals surface area contributed by atoms with Crippen LogP contribution in [0.1, 0.15) is 63.5 Å². The molecule has 0 bridgehead atoms. The van der Waals surface area contributed by atoms with Crippen molar-refractivity contribution in [2.45, 2.75) is 86.5 Å². The second kappa shape index (κ2) is 28.1. The van der Waals surface area contributed by atoms with E-state index < -0.39 is 17.5 Å². The van der Waals surface area contributed by atoms with Crippen molar-refractivity contribution in [3.8, 4) is 0 Å². The second-order valence-electron chi connectivity index (χ2n) is 20.3. The van der Waals surface area contributed by atoms with Crippen LogP contribution in [0.15, 0.2) is 57.4 Å². The van der Waals surface area contributed by atoms with Crippen LogP contribution in [0.4, 0.5) is 23.0 Å². The van der Waals surface area contributed by atoms with Gasteiger partial charge in [0.1, 0.15) is 16.9 Å². The Kier molecular flexibility index (Phi) is 20.6. The number of imide groups is 1. The van der Waals surface area contributed by atoms with Gasteiger partial charge in [-0.05, 0) is 43.9 Å². The number of nitrogens with one attached hydrogen (secondary N) is 4. The van der Waals surface area contributed by atoms with Crippen LogP contribution in [-0.2, 0) is 58.9 Å². The lowest BCUT2D eigenvalue weighted by atomic mass is 9.73. The van der Waals surface area contributed by atoms with Gasteiger partial charge in [-0.25, -0.2) is 14.6 Å². The first-order chi connectivity index (χ1) is 38.9. The van der Waals surface area contributed by atoms with E-state index in [1.165, 1.54) is 11.8 Å². The van der Waals surface area contributed by atoms with Crippen molar-refractivity contribution in [2.24, 2.45) is 11.1 Å². The number of benzene rings is 2. The van der Waals surface area contributed by atoms with Crippen molar-refractivity contribution in [1.29, 1.82) is 0 Å². The Morgan fingerprint density at radius 1 is 0.825 bits per heavy atom. The molecule has 9 rings (SSSR count). The molecule has 4 fully saturated rings. The van der Waals surface area contributed by atoms with E-state index >= 15 is 0 Å². The van der Waals surface area contributed by atoms with Crippen LogP contribution in [0.3, 0.4) is 0 Å². The molecule has 3 atom stereocenters. The number of amides is 5. The highest BCUT2D eigenvalue weighted by molar-refractivity contribution is 7.99. The molecule has 5 aliphatic heterocycles. The number of nitrogens with zero attached hydrogens (tertiary/aromatic N) is 7. The number of hydrogen-bond donors (Lipinski definition) is 5. The number of fused-ring (bicyclic) bond motifs is 3. The molecular formula is C54H71ClN12O12S. The van der Waals surface area contributed by atoms with Crippen molar-refractivity contribution >= 4 is 86.7 Å². The number of nitrogens with two attached hydrogens (primary N) is 1. The first-order valence-corrected chi connectivity index (χ1v) is 28.6. The van der Waals surface area contributed by atoms with Crippen LogP contribution in [0.25, 0.3) is 10.8 Å². The first kappa shape index (κ1) is 58.6. The third-order valence-electron chi connectivity index (χ3n) is 15.2. The molecule has 1 spiro atoms. The number of piperidine rings is 2. The van der Waals surface area contributed by atoms with Crippen molar-refractivity contribution in [2.75, 3.05) is 139 Å². The Morgan fingerprint density at radius 3 is 2.15 bits per heavy atom. The molecule has 4 aromatic rings. The van der Waals surface area contributed by atoms with Gasteiger partial charge in [-0.15, -0.1) is 0 Å². The maximum Gasteiger partial charge on any atom is 0.277 e. The fourth-order valence-corrected chi connectivity index (χ4v) is 11.8. The number of aromatic nitrogens is 4. The largest absolute Gasteiger partial charge is 0.382 e. The van der Waals surface area contributed by atoms with Crippen molar-refractivity contribution in [1.82, 2.24) is 34.9 Å². The Bertz CT molecular complexity index is 2900. The fraction of sp³-hybridized carbons (Fsp3) is 0.574. The summed E-state index contributed by atoms with van der Waals surface area (Å²) in [5.74, 6) is 0.0547. The maximum atomic E-state index is 13.4. The van der Waals surface area contributed by atoms with Gasteiger partial charge in [0.15, 0.2) is 5.82 Å². The minimum Gasteiger partial charge on any atom is -0.382 e. The molecule has 24 nitrogen and oxygen atoms in total. The highest BCUT2D eigenvalue weighted by Gasteiger charge is 2.48. The molecule has 4 saturated heterocycles. The van der Waals surface area contributed by atoms with E-state index in [9.17, 15) is 28.8 Å². The quantitative estimate of drug-likeness (QED) is 0.0470. The number of carbonyl (C=O) groups excluding carboxylic acids is 5. The molecule has 432 valence electrons. The van der Waals surface area contributed by atoms with E-state index in [4.69, 9.17) is 55.7 Å². The summed E-state index contributed by atoms with van der Waals surface area (Å²) in [6.45, 7) is 10.5. The molecule has 5 aliphatic rings. The third kappa shape index (κ3) is 14.7. The molecule has 5 amide bonds. The van der Waals surface area contributed by atoms with Crippen molar-refractivity contribution in [3.05, 3.63) is 63.7 Å². The monoisotopic (exact) mass is 1150 g/mol. The summed E-state index contributed by atoms with van der Waals surface area (Å²) < 4.78 is 35.0. The van der Waals surface area contributed by atoms with Crippen LogP contribution in [-0.4, -0.2) is 190 Å². The standard InChI is InChI=1S/C54H71ClN12O12S/c1-35-49(56)54(34-79-35)12-15-64(16-13-54)41-33-59-52-50(62-41)58-31-37-5-6-39(47(55)48(37)80-52)61-42(68)9-10-44(70)65-17-19-66(20-18-65)45(71)11-21-74-23-25-76-27-29-78-30-28-77-26-24-75-22-14-57-38-4-2-3-36-32-60-67(53(73)46(36)38)40-7-8-43(69)63-51(40)72/h2-6,32-33,35,40,49,57H,7-31,34,56H2,1H3,(H,58,62)(H,61,68)(H,63,69,72)/t35-,40?,49+/m0/s1. The van der Waals surface area contributed by atoms with Crippen LogP contribution in [0, 0.1) is 5.41 Å². The van der Waals surface area contributed by atoms with Gasteiger partial charge < -0.3 is 64.8 Å². The van der Waals surface area contributed by atoms with E-state index in [-0.39, 0.29) is 79.9 Å². The molecule has 6 N–H and O–H groups in total. The molecule has 80 heavy (non-hydrogen) atoms. The van der Waals surface area contributed by atoms with Crippen LogP contribution < -0.4 is 37.5 Å². The fourth-order valence-electron chi connectivity index (χ4n) is 10.4. The average Bonchev–Trinajstić information content (AvgIpc) is 3.86. The summed E-state index contributed by atoms with van der Waals surface area (Å²) >= 11 is 8.32. The van der Waals surface area contributed by atoms with Gasteiger partial charge in [-0.3, -0.25) is 34.1 Å². The van der Waals surface area contributed by atoms with E-state index in [0.717, 1.165) is 46.9 Å². The zero-order chi connectivity index (χ0) is 56.0. The lowest BCUT2D eigenvalue weighted by Crippen LogP contribution is -2.50. The van der Waals surface area contributed by atoms with Crippen LogP contribution >= 0.6 is 23.4 Å². The number of piperazine rings is 1. The van der Waals surface area contributed by atoms with Gasteiger partial charge >= 0.3 is 0 Å². The minimum atomic E-state index is -0.847. The van der Waals surface area contributed by atoms with Gasteiger partial charge in [0.25, 0.3) is 11.5 Å². The SMILES string of the molecule is C[C@@H]1OCC2(CCN(c3cnc4c(n3)NCc3ccc(NC(=O)CCC(=O)N5CCN(C(=O)CCOCCOCCOCCOCCOCCNc6cccc7cnn(C8CCC(=O)NC8=O)c(=O)c67)CC5)c(Cl)c3S4)CC2)[C@@H]1N. The zero-order valence-electron chi connectivity index (χ0n) is 45.1. The Labute approximate surface area is 472 Å². The van der Waals surface area contributed by atoms with E-state index in [1.807, 2.05) is 19.1 Å². The van der Waals surface area contributed by atoms with Gasteiger partial charge in [0, 0.05) is 99.0 Å². The predicted molar refractivity (Wildman–Crippen MR) is 298 cm³/mol. The number of rotatable bonds is 25. The zero-order valence-corrected chi connectivity index (χ0v) is 46.6. The average molecular weight is 1150 g/mol. The molecular weight excluding hydrogens is 1080 g/mol. The number of carbonyl (C=O) groups is 5. The van der Waals surface area contributed by atoms with Crippen LogP contribution in [0.5, 0.6) is 0 Å². The molecule has 1 unspecified atom stereocenters. The molecule has 2 aromatic heterocycles. The lowest BCUT2D eigenvalue weighted by molar-refractivity contribution is -0.140. The summed E-state index contributed by atoms with van der Waals surface area (Å²) in [4.78, 5) is 92.6. The van der Waals surface area contributed by atoms with E-state index in [2.05, 4.69) is 31.3 Å². The topological polar surface area (TPSA) is 285 Å². The number of ether oxygens (including phenoxy) is 6. The minimum absolute atomic E-state index is 0.0106. The lowest BCUT2D eigenvalue weighted by Gasteiger charge is -2.41. The molecule has 0 aliphatic carbocycles. The molecule has 0 saturated carbocycles.